The molecule has 1 saturated heterocycles. The molecule has 3 rings (SSSR count). The highest BCUT2D eigenvalue weighted by Gasteiger charge is 2.23. The lowest BCUT2D eigenvalue weighted by Gasteiger charge is -2.34. The van der Waals surface area contributed by atoms with Gasteiger partial charge in [0.25, 0.3) is 0 Å². The van der Waals surface area contributed by atoms with Crippen LogP contribution in [-0.4, -0.2) is 29.0 Å². The molecule has 2 heterocycles. The van der Waals surface area contributed by atoms with Gasteiger partial charge in [0.1, 0.15) is 12.1 Å². The molecule has 0 aliphatic carbocycles. The van der Waals surface area contributed by atoms with Crippen molar-refractivity contribution in [2.24, 2.45) is 11.7 Å². The van der Waals surface area contributed by atoms with Crippen LogP contribution >= 0.6 is 0 Å². The van der Waals surface area contributed by atoms with Gasteiger partial charge >= 0.3 is 0 Å². The van der Waals surface area contributed by atoms with Crippen LogP contribution in [0, 0.1) is 11.7 Å². The van der Waals surface area contributed by atoms with Crippen molar-refractivity contribution >= 4 is 0 Å². The Morgan fingerprint density at radius 2 is 2.33 bits per heavy atom. The number of halogens is 1. The summed E-state index contributed by atoms with van der Waals surface area (Å²) in [6, 6.07) is 6.49. The molecule has 2 aromatic rings. The summed E-state index contributed by atoms with van der Waals surface area (Å²) in [6.07, 6.45) is 2.75. The summed E-state index contributed by atoms with van der Waals surface area (Å²) in [5, 5.41) is 0. The summed E-state index contributed by atoms with van der Waals surface area (Å²) in [7, 11) is 0. The number of aromatic nitrogens is 1. The van der Waals surface area contributed by atoms with Crippen molar-refractivity contribution in [1.82, 2.24) is 9.88 Å². The Labute approximate surface area is 123 Å². The predicted octanol–water partition coefficient (Wildman–Crippen LogP) is 2.65. The maximum absolute atomic E-state index is 13.2. The molecule has 21 heavy (non-hydrogen) atoms. The number of hydrogen-bond donors (Lipinski definition) is 1. The molecule has 2 N–H and O–H groups in total. The highest BCUT2D eigenvalue weighted by molar-refractivity contribution is 5.52. The SMILES string of the molecule is CC1CCN(Cc2coc(-c3cccc(F)c3)n2)CC1N. The minimum Gasteiger partial charge on any atom is -0.444 e. The van der Waals surface area contributed by atoms with Crippen molar-refractivity contribution in [2.45, 2.75) is 25.9 Å². The maximum Gasteiger partial charge on any atom is 0.226 e. The van der Waals surface area contributed by atoms with Gasteiger partial charge in [0.05, 0.1) is 5.69 Å². The Bertz CT molecular complexity index is 613. The fraction of sp³-hybridized carbons (Fsp3) is 0.438. The van der Waals surface area contributed by atoms with Crippen molar-refractivity contribution in [1.29, 1.82) is 0 Å². The molecule has 0 radical (unpaired) electrons. The number of piperidine rings is 1. The minimum atomic E-state index is -0.289. The zero-order valence-electron chi connectivity index (χ0n) is 12.1. The van der Waals surface area contributed by atoms with Crippen molar-refractivity contribution in [3.8, 4) is 11.5 Å². The second kappa shape index (κ2) is 5.95. The van der Waals surface area contributed by atoms with Crippen molar-refractivity contribution in [3.63, 3.8) is 0 Å². The van der Waals surface area contributed by atoms with Crippen LogP contribution in [0.4, 0.5) is 4.39 Å². The standard InChI is InChI=1S/C16H20FN3O/c1-11-5-6-20(9-15(11)18)8-14-10-21-16(19-14)12-3-2-4-13(17)7-12/h2-4,7,10-11,15H,5-6,8-9,18H2,1H3. The first kappa shape index (κ1) is 14.2. The fourth-order valence-corrected chi connectivity index (χ4v) is 2.68. The van der Waals surface area contributed by atoms with E-state index in [1.165, 1.54) is 12.1 Å². The van der Waals surface area contributed by atoms with E-state index in [0.29, 0.717) is 17.4 Å². The van der Waals surface area contributed by atoms with E-state index in [0.717, 1.165) is 31.7 Å². The van der Waals surface area contributed by atoms with Gasteiger partial charge in [-0.15, -0.1) is 0 Å². The molecule has 1 fully saturated rings. The summed E-state index contributed by atoms with van der Waals surface area (Å²) < 4.78 is 18.7. The third-order valence-corrected chi connectivity index (χ3v) is 4.11. The molecule has 5 heteroatoms. The van der Waals surface area contributed by atoms with Crippen LogP contribution in [0.1, 0.15) is 19.0 Å². The highest BCUT2D eigenvalue weighted by atomic mass is 19.1. The third-order valence-electron chi connectivity index (χ3n) is 4.11. The zero-order valence-corrected chi connectivity index (χ0v) is 12.1. The molecule has 2 unspecified atom stereocenters. The third kappa shape index (κ3) is 3.31. The van der Waals surface area contributed by atoms with E-state index >= 15 is 0 Å². The molecule has 0 amide bonds. The molecule has 0 bridgehead atoms. The lowest BCUT2D eigenvalue weighted by atomic mass is 9.94. The van der Waals surface area contributed by atoms with Crippen molar-refractivity contribution in [3.05, 3.63) is 42.0 Å². The number of benzene rings is 1. The summed E-state index contributed by atoms with van der Waals surface area (Å²) in [4.78, 5) is 6.73. The van der Waals surface area contributed by atoms with Gasteiger partial charge in [-0.1, -0.05) is 13.0 Å². The number of nitrogens with two attached hydrogens (primary N) is 1. The number of rotatable bonds is 3. The second-order valence-corrected chi connectivity index (χ2v) is 5.82. The quantitative estimate of drug-likeness (QED) is 0.944. The van der Waals surface area contributed by atoms with Crippen LogP contribution in [0.25, 0.3) is 11.5 Å². The van der Waals surface area contributed by atoms with E-state index in [2.05, 4.69) is 16.8 Å². The molecule has 2 atom stereocenters. The predicted molar refractivity (Wildman–Crippen MR) is 78.9 cm³/mol. The van der Waals surface area contributed by atoms with Crippen molar-refractivity contribution in [2.75, 3.05) is 13.1 Å². The van der Waals surface area contributed by atoms with Gasteiger partial charge < -0.3 is 10.2 Å². The number of hydrogen-bond acceptors (Lipinski definition) is 4. The molecule has 1 aromatic carbocycles. The molecule has 0 saturated carbocycles. The van der Waals surface area contributed by atoms with Gasteiger partial charge in [-0.3, -0.25) is 4.90 Å². The van der Waals surface area contributed by atoms with Crippen LogP contribution < -0.4 is 5.73 Å². The van der Waals surface area contributed by atoms with Gasteiger partial charge in [-0.05, 0) is 37.1 Å². The fourth-order valence-electron chi connectivity index (χ4n) is 2.68. The van der Waals surface area contributed by atoms with E-state index < -0.39 is 0 Å². The van der Waals surface area contributed by atoms with Gasteiger partial charge in [0.15, 0.2) is 0 Å². The van der Waals surface area contributed by atoms with E-state index in [1.807, 2.05) is 0 Å². The van der Waals surface area contributed by atoms with E-state index in [9.17, 15) is 4.39 Å². The smallest absolute Gasteiger partial charge is 0.226 e. The summed E-state index contributed by atoms with van der Waals surface area (Å²) in [5.74, 6) is 0.740. The Hall–Kier alpha value is -1.72. The van der Waals surface area contributed by atoms with E-state index in [1.54, 1.807) is 18.4 Å². The molecule has 112 valence electrons. The lowest BCUT2D eigenvalue weighted by molar-refractivity contribution is 0.160. The van der Waals surface area contributed by atoms with Crippen LogP contribution in [0.3, 0.4) is 0 Å². The summed E-state index contributed by atoms with van der Waals surface area (Å²) >= 11 is 0. The molecule has 0 spiro atoms. The molecule has 1 aliphatic rings. The Morgan fingerprint density at radius 3 is 3.10 bits per heavy atom. The molecule has 1 aromatic heterocycles. The Balaban J connectivity index is 1.68. The zero-order chi connectivity index (χ0) is 14.8. The van der Waals surface area contributed by atoms with Crippen LogP contribution in [0.15, 0.2) is 34.9 Å². The van der Waals surface area contributed by atoms with Crippen LogP contribution in [-0.2, 0) is 6.54 Å². The Morgan fingerprint density at radius 1 is 1.48 bits per heavy atom. The summed E-state index contributed by atoms with van der Waals surface area (Å²) in [6.45, 7) is 4.82. The largest absolute Gasteiger partial charge is 0.444 e. The first-order chi connectivity index (χ1) is 10.1. The van der Waals surface area contributed by atoms with Crippen LogP contribution in [0.5, 0.6) is 0 Å². The topological polar surface area (TPSA) is 55.3 Å². The second-order valence-electron chi connectivity index (χ2n) is 5.82. The van der Waals surface area contributed by atoms with Crippen molar-refractivity contribution < 1.29 is 8.81 Å². The van der Waals surface area contributed by atoms with Crippen LogP contribution in [0.2, 0.25) is 0 Å². The van der Waals surface area contributed by atoms with E-state index in [4.69, 9.17) is 10.2 Å². The lowest BCUT2D eigenvalue weighted by Crippen LogP contribution is -2.47. The number of oxazole rings is 1. The molecule has 1 aliphatic heterocycles. The average Bonchev–Trinajstić information content (AvgIpc) is 2.91. The Kier molecular flexibility index (Phi) is 4.03. The van der Waals surface area contributed by atoms with Gasteiger partial charge in [0.2, 0.25) is 5.89 Å². The molecule has 4 nitrogen and oxygen atoms in total. The first-order valence-electron chi connectivity index (χ1n) is 7.30. The monoisotopic (exact) mass is 289 g/mol. The molecular formula is C16H20FN3O. The average molecular weight is 289 g/mol. The first-order valence-corrected chi connectivity index (χ1v) is 7.30. The van der Waals surface area contributed by atoms with Gasteiger partial charge in [-0.2, -0.15) is 0 Å². The normalized spacial score (nSPS) is 23.4. The minimum absolute atomic E-state index is 0.216. The summed E-state index contributed by atoms with van der Waals surface area (Å²) in [5.41, 5.74) is 7.62. The molecular weight excluding hydrogens is 269 g/mol. The van der Waals surface area contributed by atoms with Gasteiger partial charge in [-0.25, -0.2) is 9.37 Å². The number of likely N-dealkylation sites (tertiary alicyclic amines) is 1. The maximum atomic E-state index is 13.2. The highest BCUT2D eigenvalue weighted by Crippen LogP contribution is 2.21. The van der Waals surface area contributed by atoms with E-state index in [-0.39, 0.29) is 11.9 Å². The van der Waals surface area contributed by atoms with Gasteiger partial charge in [0, 0.05) is 24.7 Å². The number of nitrogens with zero attached hydrogens (tertiary/aromatic N) is 2.